The summed E-state index contributed by atoms with van der Waals surface area (Å²) in [6, 6.07) is 7.94. The van der Waals surface area contributed by atoms with Crippen LogP contribution in [-0.4, -0.2) is 6.21 Å². The molecule has 0 spiro atoms. The first-order chi connectivity index (χ1) is 4.97. The number of anilines is 1. The van der Waals surface area contributed by atoms with Gasteiger partial charge in [0.2, 0.25) is 0 Å². The van der Waals surface area contributed by atoms with Gasteiger partial charge < -0.3 is 4.72 Å². The van der Waals surface area contributed by atoms with Crippen LogP contribution in [0.25, 0.3) is 0 Å². The van der Waals surface area contributed by atoms with E-state index in [4.69, 9.17) is 0 Å². The van der Waals surface area contributed by atoms with Crippen LogP contribution in [0.4, 0.5) is 5.69 Å². The van der Waals surface area contributed by atoms with E-state index in [9.17, 15) is 0 Å². The summed E-state index contributed by atoms with van der Waals surface area (Å²) in [4.78, 5) is 0. The van der Waals surface area contributed by atoms with Crippen molar-refractivity contribution in [3.05, 3.63) is 29.8 Å². The predicted molar refractivity (Wildman–Crippen MR) is 44.2 cm³/mol. The van der Waals surface area contributed by atoms with Crippen molar-refractivity contribution in [1.29, 1.82) is 0 Å². The van der Waals surface area contributed by atoms with E-state index in [1.165, 1.54) is 12.1 Å². The van der Waals surface area contributed by atoms with Crippen LogP contribution in [0, 0.1) is 0 Å². The van der Waals surface area contributed by atoms with Crippen molar-refractivity contribution in [3.8, 4) is 0 Å². The van der Waals surface area contributed by atoms with Crippen LogP contribution in [0.5, 0.6) is 0 Å². The van der Waals surface area contributed by atoms with Gasteiger partial charge in [-0.3, -0.25) is 0 Å². The highest BCUT2D eigenvalue weighted by Gasteiger charge is 2.02. The Hall–Kier alpha value is -0.960. The average molecular weight is 149 g/mol. The zero-order valence-electron chi connectivity index (χ0n) is 5.16. The molecule has 49 valence electrons. The van der Waals surface area contributed by atoms with Gasteiger partial charge in [0, 0.05) is 5.56 Å². The molecule has 0 aromatic heterocycles. The summed E-state index contributed by atoms with van der Waals surface area (Å²) < 4.78 is 6.92. The van der Waals surface area contributed by atoms with Crippen LogP contribution < -0.4 is 4.72 Å². The molecule has 0 aliphatic carbocycles. The topological polar surface area (TPSA) is 24.4 Å². The second kappa shape index (κ2) is 2.34. The Labute approximate surface area is 63.6 Å². The van der Waals surface area contributed by atoms with Gasteiger partial charge in [0.25, 0.3) is 0 Å². The molecule has 1 radical (unpaired) electrons. The van der Waals surface area contributed by atoms with Gasteiger partial charge in [-0.1, -0.05) is 18.2 Å². The maximum atomic E-state index is 3.87. The van der Waals surface area contributed by atoms with Crippen LogP contribution in [0.2, 0.25) is 0 Å². The Morgan fingerprint density at radius 3 is 3.20 bits per heavy atom. The summed E-state index contributed by atoms with van der Waals surface area (Å²) in [7, 11) is 0. The molecule has 0 amide bonds. The molecule has 0 bridgehead atoms. The minimum Gasteiger partial charge on any atom is -0.310 e. The molecule has 1 aliphatic heterocycles. The van der Waals surface area contributed by atoms with E-state index in [0.29, 0.717) is 0 Å². The highest BCUT2D eigenvalue weighted by molar-refractivity contribution is 7.99. The van der Waals surface area contributed by atoms with Crippen molar-refractivity contribution in [3.63, 3.8) is 0 Å². The lowest BCUT2D eigenvalue weighted by molar-refractivity contribution is 1.62. The third-order valence-electron chi connectivity index (χ3n) is 1.29. The molecule has 3 heteroatoms. The van der Waals surface area contributed by atoms with Crippen LogP contribution in [0.15, 0.2) is 28.7 Å². The molecule has 0 saturated carbocycles. The lowest BCUT2D eigenvalue weighted by Crippen LogP contribution is -1.95. The first-order valence-corrected chi connectivity index (χ1v) is 3.71. The number of nitrogens with one attached hydrogen (secondary N) is 1. The molecule has 0 unspecified atom stereocenters. The van der Waals surface area contributed by atoms with E-state index in [2.05, 4.69) is 15.3 Å². The van der Waals surface area contributed by atoms with Crippen molar-refractivity contribution < 1.29 is 0 Å². The molecule has 1 aliphatic rings. The lowest BCUT2D eigenvalue weighted by atomic mass is 10.2. The largest absolute Gasteiger partial charge is 0.310 e. The Bertz CT molecular complexity index is 270. The number of hydrogen-bond acceptors (Lipinski definition) is 3. The monoisotopic (exact) mass is 149 g/mol. The molecular weight excluding hydrogens is 144 g/mol. The molecule has 1 heterocycles. The highest BCUT2D eigenvalue weighted by Crippen LogP contribution is 2.21. The lowest BCUT2D eigenvalue weighted by Gasteiger charge is -2.07. The van der Waals surface area contributed by atoms with E-state index in [1.54, 1.807) is 0 Å². The van der Waals surface area contributed by atoms with Crippen molar-refractivity contribution >= 4 is 24.0 Å². The molecule has 10 heavy (non-hydrogen) atoms. The fourth-order valence-electron chi connectivity index (χ4n) is 0.814. The molecular formula is C7H5N2S. The molecule has 2 nitrogen and oxygen atoms in total. The van der Waals surface area contributed by atoms with E-state index >= 15 is 0 Å². The van der Waals surface area contributed by atoms with E-state index < -0.39 is 0 Å². The highest BCUT2D eigenvalue weighted by atomic mass is 32.2. The summed E-state index contributed by atoms with van der Waals surface area (Å²) in [5.41, 5.74) is 2.11. The fourth-order valence-corrected chi connectivity index (χ4v) is 1.28. The second-order valence-corrected chi connectivity index (χ2v) is 2.51. The third-order valence-corrected chi connectivity index (χ3v) is 1.79. The number of rotatable bonds is 0. The predicted octanol–water partition coefficient (Wildman–Crippen LogP) is 1.97. The Balaban J connectivity index is 2.54. The summed E-state index contributed by atoms with van der Waals surface area (Å²) in [6.07, 6.45) is 2.89. The zero-order valence-corrected chi connectivity index (χ0v) is 5.98. The van der Waals surface area contributed by atoms with Gasteiger partial charge in [-0.05, 0) is 6.07 Å². The number of benzene rings is 1. The minimum atomic E-state index is 1.03. The maximum absolute atomic E-state index is 3.87. The molecule has 2 rings (SSSR count). The summed E-state index contributed by atoms with van der Waals surface area (Å²) in [5.74, 6) is 0. The zero-order chi connectivity index (χ0) is 6.81. The van der Waals surface area contributed by atoms with Gasteiger partial charge in [-0.15, -0.1) is 0 Å². The SMILES string of the molecule is [C]1=NSNc2ccccc21. The molecule has 1 aromatic carbocycles. The first-order valence-electron chi connectivity index (χ1n) is 2.94. The number of nitrogens with zero attached hydrogens (tertiary/aromatic N) is 1. The molecule has 0 fully saturated rings. The number of fused-ring (bicyclic) bond motifs is 1. The summed E-state index contributed by atoms with van der Waals surface area (Å²) >= 11 is 1.30. The average Bonchev–Trinajstić information content (AvgIpc) is 2.05. The minimum absolute atomic E-state index is 1.03. The van der Waals surface area contributed by atoms with Crippen molar-refractivity contribution in [2.24, 2.45) is 4.40 Å². The van der Waals surface area contributed by atoms with Crippen LogP contribution in [-0.2, 0) is 0 Å². The quantitative estimate of drug-likeness (QED) is 0.570. The van der Waals surface area contributed by atoms with Crippen LogP contribution in [0.1, 0.15) is 5.56 Å². The fraction of sp³-hybridized carbons (Fsp3) is 0. The summed E-state index contributed by atoms with van der Waals surface area (Å²) in [6.45, 7) is 0. The van der Waals surface area contributed by atoms with Gasteiger partial charge >= 0.3 is 0 Å². The van der Waals surface area contributed by atoms with E-state index in [0.717, 1.165) is 11.3 Å². The molecule has 1 aromatic rings. The maximum Gasteiger partial charge on any atom is 0.110 e. The van der Waals surface area contributed by atoms with Crippen LogP contribution in [0.3, 0.4) is 0 Å². The van der Waals surface area contributed by atoms with Gasteiger partial charge in [-0.2, -0.15) is 4.40 Å². The smallest absolute Gasteiger partial charge is 0.110 e. The van der Waals surface area contributed by atoms with Crippen molar-refractivity contribution in [1.82, 2.24) is 0 Å². The first kappa shape index (κ1) is 5.80. The van der Waals surface area contributed by atoms with Gasteiger partial charge in [-0.25, -0.2) is 0 Å². The van der Waals surface area contributed by atoms with E-state index in [-0.39, 0.29) is 0 Å². The van der Waals surface area contributed by atoms with Gasteiger partial charge in [0.05, 0.1) is 17.8 Å². The molecule has 1 N–H and O–H groups in total. The molecule has 0 atom stereocenters. The third kappa shape index (κ3) is 0.885. The van der Waals surface area contributed by atoms with E-state index in [1.807, 2.05) is 24.3 Å². The Morgan fingerprint density at radius 2 is 2.30 bits per heavy atom. The van der Waals surface area contributed by atoms with Crippen molar-refractivity contribution in [2.45, 2.75) is 0 Å². The van der Waals surface area contributed by atoms with Crippen LogP contribution >= 0.6 is 12.1 Å². The Morgan fingerprint density at radius 1 is 1.40 bits per heavy atom. The number of para-hydroxylation sites is 1. The second-order valence-electron chi connectivity index (χ2n) is 1.94. The number of hydrogen-bond donors (Lipinski definition) is 1. The molecule has 0 saturated heterocycles. The normalized spacial score (nSPS) is 14.0. The Kier molecular flexibility index (Phi) is 1.36. The van der Waals surface area contributed by atoms with Crippen molar-refractivity contribution in [2.75, 3.05) is 4.72 Å². The standard InChI is InChI=1S/C7H5N2S/c1-2-4-7-6(3-1)5-8-10-9-7/h1-4,9H. The van der Waals surface area contributed by atoms with Gasteiger partial charge in [0.15, 0.2) is 0 Å². The van der Waals surface area contributed by atoms with Gasteiger partial charge in [0.1, 0.15) is 6.21 Å². The summed E-state index contributed by atoms with van der Waals surface area (Å²) in [5, 5.41) is 0.